The summed E-state index contributed by atoms with van der Waals surface area (Å²) in [6.45, 7) is 4.33. The SMILES string of the molecule is CC1(C)C(N)=N[C@](C)(c2cccc(F)c2F)CS1(=O)=O. The Balaban J connectivity index is 2.69. The van der Waals surface area contributed by atoms with Crippen LogP contribution in [0, 0.1) is 11.6 Å². The summed E-state index contributed by atoms with van der Waals surface area (Å²) in [4.78, 5) is 4.14. The molecule has 0 amide bonds. The molecule has 0 aliphatic carbocycles. The van der Waals surface area contributed by atoms with Crippen LogP contribution in [-0.2, 0) is 15.4 Å². The molecular weight excluding hydrogens is 286 g/mol. The molecule has 0 saturated carbocycles. The third kappa shape index (κ3) is 2.00. The summed E-state index contributed by atoms with van der Waals surface area (Å²) >= 11 is 0. The second kappa shape index (κ2) is 4.25. The van der Waals surface area contributed by atoms with Gasteiger partial charge >= 0.3 is 0 Å². The largest absolute Gasteiger partial charge is 0.386 e. The number of hydrogen-bond acceptors (Lipinski definition) is 4. The third-order valence-corrected chi connectivity index (χ3v) is 6.47. The zero-order chi connectivity index (χ0) is 15.3. The summed E-state index contributed by atoms with van der Waals surface area (Å²) in [5, 5.41) is 0. The lowest BCUT2D eigenvalue weighted by atomic mass is 9.93. The maximum absolute atomic E-state index is 13.9. The molecule has 0 fully saturated rings. The molecule has 110 valence electrons. The van der Waals surface area contributed by atoms with Crippen molar-refractivity contribution in [1.29, 1.82) is 0 Å². The van der Waals surface area contributed by atoms with Crippen molar-refractivity contribution in [2.75, 3.05) is 5.75 Å². The molecule has 4 nitrogen and oxygen atoms in total. The van der Waals surface area contributed by atoms with Crippen LogP contribution in [0.5, 0.6) is 0 Å². The topological polar surface area (TPSA) is 72.5 Å². The first-order chi connectivity index (χ1) is 9.01. The van der Waals surface area contributed by atoms with E-state index in [1.807, 2.05) is 0 Å². The second-order valence-corrected chi connectivity index (χ2v) is 8.18. The van der Waals surface area contributed by atoms with Crippen molar-refractivity contribution in [2.24, 2.45) is 10.7 Å². The van der Waals surface area contributed by atoms with E-state index in [-0.39, 0.29) is 11.4 Å². The Hall–Kier alpha value is -1.50. The Bertz CT molecular complexity index is 698. The number of sulfone groups is 1. The quantitative estimate of drug-likeness (QED) is 0.859. The van der Waals surface area contributed by atoms with Crippen molar-refractivity contribution >= 4 is 15.7 Å². The highest BCUT2D eigenvalue weighted by Crippen LogP contribution is 2.37. The molecule has 1 aliphatic rings. The van der Waals surface area contributed by atoms with Crippen LogP contribution in [0.1, 0.15) is 26.3 Å². The third-order valence-electron chi connectivity index (χ3n) is 3.76. The molecular formula is C13H16F2N2O2S. The smallest absolute Gasteiger partial charge is 0.165 e. The molecule has 0 unspecified atom stereocenters. The predicted molar refractivity (Wildman–Crippen MR) is 73.2 cm³/mol. The van der Waals surface area contributed by atoms with Gasteiger partial charge in [-0.25, -0.2) is 17.2 Å². The summed E-state index contributed by atoms with van der Waals surface area (Å²) in [5.74, 6) is -2.66. The van der Waals surface area contributed by atoms with Crippen LogP contribution in [-0.4, -0.2) is 24.8 Å². The summed E-state index contributed by atoms with van der Waals surface area (Å²) < 4.78 is 50.6. The lowest BCUT2D eigenvalue weighted by Gasteiger charge is -2.37. The van der Waals surface area contributed by atoms with E-state index in [2.05, 4.69) is 4.99 Å². The number of rotatable bonds is 1. The number of nitrogens with zero attached hydrogens (tertiary/aromatic N) is 1. The normalized spacial score (nSPS) is 27.9. The monoisotopic (exact) mass is 302 g/mol. The average Bonchev–Trinajstić information content (AvgIpc) is 2.29. The maximum Gasteiger partial charge on any atom is 0.165 e. The van der Waals surface area contributed by atoms with Gasteiger partial charge in [-0.05, 0) is 26.8 Å². The molecule has 1 heterocycles. The van der Waals surface area contributed by atoms with Crippen LogP contribution in [0.15, 0.2) is 23.2 Å². The van der Waals surface area contributed by atoms with Gasteiger partial charge in [0, 0.05) is 5.56 Å². The van der Waals surface area contributed by atoms with Crippen LogP contribution < -0.4 is 5.73 Å². The predicted octanol–water partition coefficient (Wildman–Crippen LogP) is 1.74. The number of nitrogens with two attached hydrogens (primary N) is 1. The van der Waals surface area contributed by atoms with Crippen molar-refractivity contribution in [2.45, 2.75) is 31.1 Å². The first kappa shape index (κ1) is 14.9. The van der Waals surface area contributed by atoms with E-state index in [1.54, 1.807) is 0 Å². The molecule has 0 radical (unpaired) electrons. The zero-order valence-corrected chi connectivity index (χ0v) is 12.3. The number of aliphatic imine (C=N–C) groups is 1. The van der Waals surface area contributed by atoms with Crippen molar-refractivity contribution in [3.63, 3.8) is 0 Å². The molecule has 0 bridgehead atoms. The molecule has 0 spiro atoms. The van der Waals surface area contributed by atoms with E-state index in [1.165, 1.54) is 32.9 Å². The van der Waals surface area contributed by atoms with Crippen LogP contribution in [0.4, 0.5) is 8.78 Å². The minimum Gasteiger partial charge on any atom is -0.386 e. The summed E-state index contributed by atoms with van der Waals surface area (Å²) in [7, 11) is -3.64. The Kier molecular flexibility index (Phi) is 3.16. The van der Waals surface area contributed by atoms with E-state index < -0.39 is 37.5 Å². The zero-order valence-electron chi connectivity index (χ0n) is 11.4. The van der Waals surface area contributed by atoms with E-state index >= 15 is 0 Å². The molecule has 2 rings (SSSR count). The fourth-order valence-electron chi connectivity index (χ4n) is 2.20. The van der Waals surface area contributed by atoms with Gasteiger partial charge in [-0.1, -0.05) is 12.1 Å². The Morgan fingerprint density at radius 1 is 1.25 bits per heavy atom. The van der Waals surface area contributed by atoms with Crippen LogP contribution in [0.2, 0.25) is 0 Å². The maximum atomic E-state index is 13.9. The first-order valence-electron chi connectivity index (χ1n) is 6.04. The van der Waals surface area contributed by atoms with Crippen molar-refractivity contribution in [3.8, 4) is 0 Å². The molecule has 0 aromatic heterocycles. The lowest BCUT2D eigenvalue weighted by Crippen LogP contribution is -2.55. The first-order valence-corrected chi connectivity index (χ1v) is 7.69. The standard InChI is InChI=1S/C13H16F2N2O2S/c1-12(2)11(16)17-13(3,7-20(12,18)19)8-5-4-6-9(14)10(8)15/h4-6H,7H2,1-3H3,(H2,16,17)/t13-/m0/s1. The van der Waals surface area contributed by atoms with E-state index in [0.717, 1.165) is 6.07 Å². The van der Waals surface area contributed by atoms with Crippen molar-refractivity contribution in [1.82, 2.24) is 0 Å². The Morgan fingerprint density at radius 3 is 2.40 bits per heavy atom. The molecule has 1 aliphatic heterocycles. The fraction of sp³-hybridized carbons (Fsp3) is 0.462. The minimum absolute atomic E-state index is 0.102. The number of hydrogen-bond donors (Lipinski definition) is 1. The molecule has 1 aromatic rings. The van der Waals surface area contributed by atoms with E-state index in [0.29, 0.717) is 0 Å². The van der Waals surface area contributed by atoms with Gasteiger partial charge in [0.05, 0.1) is 5.75 Å². The van der Waals surface area contributed by atoms with Crippen LogP contribution in [0.3, 0.4) is 0 Å². The number of amidine groups is 1. The van der Waals surface area contributed by atoms with Gasteiger partial charge in [0.2, 0.25) is 0 Å². The summed E-state index contributed by atoms with van der Waals surface area (Å²) in [6, 6.07) is 3.61. The molecule has 1 atom stereocenters. The Morgan fingerprint density at radius 2 is 1.85 bits per heavy atom. The minimum atomic E-state index is -3.64. The van der Waals surface area contributed by atoms with Crippen molar-refractivity contribution < 1.29 is 17.2 Å². The number of halogens is 2. The molecule has 1 aromatic carbocycles. The van der Waals surface area contributed by atoms with Gasteiger partial charge in [0.25, 0.3) is 0 Å². The highest BCUT2D eigenvalue weighted by molar-refractivity contribution is 7.93. The fourth-order valence-corrected chi connectivity index (χ4v) is 3.89. The lowest BCUT2D eigenvalue weighted by molar-refractivity contribution is 0.445. The average molecular weight is 302 g/mol. The van der Waals surface area contributed by atoms with Gasteiger partial charge in [-0.3, -0.25) is 4.99 Å². The molecule has 2 N–H and O–H groups in total. The highest BCUT2D eigenvalue weighted by Gasteiger charge is 2.49. The summed E-state index contributed by atoms with van der Waals surface area (Å²) in [5.41, 5.74) is 4.21. The van der Waals surface area contributed by atoms with Gasteiger partial charge in [0.1, 0.15) is 16.1 Å². The van der Waals surface area contributed by atoms with Gasteiger partial charge < -0.3 is 5.73 Å². The van der Waals surface area contributed by atoms with Crippen LogP contribution >= 0.6 is 0 Å². The molecule has 20 heavy (non-hydrogen) atoms. The van der Waals surface area contributed by atoms with E-state index in [9.17, 15) is 17.2 Å². The highest BCUT2D eigenvalue weighted by atomic mass is 32.2. The van der Waals surface area contributed by atoms with Gasteiger partial charge in [0.15, 0.2) is 21.5 Å². The Labute approximate surface area is 116 Å². The second-order valence-electron chi connectivity index (χ2n) is 5.64. The van der Waals surface area contributed by atoms with Crippen molar-refractivity contribution in [3.05, 3.63) is 35.4 Å². The number of benzene rings is 1. The van der Waals surface area contributed by atoms with Gasteiger partial charge in [-0.2, -0.15) is 0 Å². The van der Waals surface area contributed by atoms with E-state index in [4.69, 9.17) is 5.73 Å². The molecule has 0 saturated heterocycles. The van der Waals surface area contributed by atoms with Crippen LogP contribution in [0.25, 0.3) is 0 Å². The van der Waals surface area contributed by atoms with Gasteiger partial charge in [-0.15, -0.1) is 0 Å². The molecule has 7 heteroatoms. The summed E-state index contributed by atoms with van der Waals surface area (Å²) in [6.07, 6.45) is 0.